The van der Waals surface area contributed by atoms with E-state index in [4.69, 9.17) is 33.2 Å². The predicted octanol–water partition coefficient (Wildman–Crippen LogP) is 4.03. The number of carbonyl (C=O) groups is 6. The SMILES string of the molecule is CCCCCCCCCCCCn1c2nc(=O)n(CCO[C@@]3(C(=O)OC)C[C@H](OC(C)=O)[C@@H](NC(C)=O)[C@H]([C@H](OC(C)=O)[C@@H](COC(C)=O)OC(C)=O)O3)c(=O)c-2cc2c([N+](=O)[O-])cccc21. The summed E-state index contributed by atoms with van der Waals surface area (Å²) < 4.78 is 41.4. The number of ether oxygens (including phenoxy) is 7. The molecule has 22 heteroatoms. The van der Waals surface area contributed by atoms with Crippen LogP contribution in [-0.2, 0) is 75.0 Å². The fourth-order valence-corrected chi connectivity index (χ4v) is 8.24. The minimum atomic E-state index is -2.62. The third-order valence-corrected chi connectivity index (χ3v) is 11.1. The number of amides is 1. The summed E-state index contributed by atoms with van der Waals surface area (Å²) in [5.41, 5.74) is -1.85. The van der Waals surface area contributed by atoms with Crippen molar-refractivity contribution in [3.63, 3.8) is 0 Å². The number of nitrogens with one attached hydrogen (secondary N) is 1. The Morgan fingerprint density at radius 1 is 0.881 bits per heavy atom. The molecule has 0 bridgehead atoms. The number of non-ortho nitro benzene ring substituents is 1. The Morgan fingerprint density at radius 2 is 1.52 bits per heavy atom. The number of nitro benzene ring substituents is 1. The van der Waals surface area contributed by atoms with Crippen LogP contribution in [0, 0.1) is 10.1 Å². The number of hydrogen-bond donors (Lipinski definition) is 1. The minimum absolute atomic E-state index is 0.0152. The highest BCUT2D eigenvalue weighted by molar-refractivity contribution is 5.92. The predicted molar refractivity (Wildman–Crippen MR) is 236 cm³/mol. The lowest BCUT2D eigenvalue weighted by atomic mass is 9.88. The van der Waals surface area contributed by atoms with E-state index >= 15 is 0 Å². The maximum absolute atomic E-state index is 14.3. The van der Waals surface area contributed by atoms with Crippen LogP contribution < -0.4 is 16.6 Å². The number of rotatable bonds is 25. The highest BCUT2D eigenvalue weighted by atomic mass is 16.7. The van der Waals surface area contributed by atoms with Crippen molar-refractivity contribution < 1.29 is 66.8 Å². The average Bonchev–Trinajstić information content (AvgIpc) is 3.25. The number of aromatic nitrogens is 3. The van der Waals surface area contributed by atoms with Crippen LogP contribution in [0.25, 0.3) is 22.3 Å². The first-order valence-electron chi connectivity index (χ1n) is 22.4. The highest BCUT2D eigenvalue weighted by Gasteiger charge is 2.59. The zero-order valence-corrected chi connectivity index (χ0v) is 39.0. The first-order chi connectivity index (χ1) is 31.8. The molecule has 1 aromatic rings. The maximum Gasteiger partial charge on any atom is 0.366 e. The highest BCUT2D eigenvalue weighted by Crippen LogP contribution is 2.37. The van der Waals surface area contributed by atoms with Crippen molar-refractivity contribution in [1.82, 2.24) is 19.4 Å². The van der Waals surface area contributed by atoms with Crippen LogP contribution in [-0.4, -0.2) is 111 Å². The van der Waals surface area contributed by atoms with E-state index in [1.807, 2.05) is 0 Å². The van der Waals surface area contributed by atoms with Crippen molar-refractivity contribution in [2.24, 2.45) is 0 Å². The van der Waals surface area contributed by atoms with Gasteiger partial charge in [0.2, 0.25) is 5.91 Å². The van der Waals surface area contributed by atoms with Gasteiger partial charge in [0.05, 0.1) is 54.1 Å². The molecule has 3 heterocycles. The van der Waals surface area contributed by atoms with E-state index in [1.165, 1.54) is 50.3 Å². The van der Waals surface area contributed by atoms with E-state index < -0.39 is 114 Å². The third kappa shape index (κ3) is 14.4. The molecule has 4 rings (SSSR count). The van der Waals surface area contributed by atoms with Crippen LogP contribution in [0.3, 0.4) is 0 Å². The van der Waals surface area contributed by atoms with E-state index in [9.17, 15) is 48.5 Å². The number of fused-ring (bicyclic) bond motifs is 2. The van der Waals surface area contributed by atoms with E-state index in [0.29, 0.717) is 23.0 Å². The molecule has 22 nitrogen and oxygen atoms in total. The zero-order chi connectivity index (χ0) is 49.4. The lowest BCUT2D eigenvalue weighted by Crippen LogP contribution is -2.69. The number of aryl methyl sites for hydroxylation is 1. The first-order valence-corrected chi connectivity index (χ1v) is 22.4. The Kier molecular flexibility index (Phi) is 19.9. The van der Waals surface area contributed by atoms with Crippen molar-refractivity contribution >= 4 is 52.3 Å². The maximum atomic E-state index is 14.3. The molecule has 0 aliphatic carbocycles. The van der Waals surface area contributed by atoms with Crippen LogP contribution in [0.5, 0.6) is 0 Å². The minimum Gasteiger partial charge on any atom is -0.465 e. The number of nitrogens with zero attached hydrogens (tertiary/aromatic N) is 4. The molecule has 0 saturated carbocycles. The van der Waals surface area contributed by atoms with Crippen molar-refractivity contribution in [1.29, 1.82) is 0 Å². The summed E-state index contributed by atoms with van der Waals surface area (Å²) in [5.74, 6) is -8.20. The Morgan fingerprint density at radius 3 is 2.09 bits per heavy atom. The molecule has 368 valence electrons. The number of carbonyl (C=O) groups excluding carboxylic acids is 6. The van der Waals surface area contributed by atoms with Crippen molar-refractivity contribution in [3.05, 3.63) is 55.2 Å². The van der Waals surface area contributed by atoms with Gasteiger partial charge in [0, 0.05) is 47.2 Å². The molecule has 6 atom stereocenters. The van der Waals surface area contributed by atoms with Crippen molar-refractivity contribution in [2.45, 2.75) is 162 Å². The second-order valence-corrected chi connectivity index (χ2v) is 16.3. The number of methoxy groups -OCH3 is 1. The summed E-state index contributed by atoms with van der Waals surface area (Å²) in [5, 5.41) is 14.9. The number of benzene rings is 1. The van der Waals surface area contributed by atoms with Gasteiger partial charge in [0.1, 0.15) is 18.8 Å². The molecule has 3 aliphatic heterocycles. The van der Waals surface area contributed by atoms with Crippen molar-refractivity contribution in [3.8, 4) is 11.4 Å². The van der Waals surface area contributed by atoms with E-state index in [0.717, 1.165) is 67.4 Å². The monoisotopic (exact) mass is 943 g/mol. The molecule has 1 saturated heterocycles. The van der Waals surface area contributed by atoms with Gasteiger partial charge in [-0.15, -0.1) is 0 Å². The topological polar surface area (TPSA) is 279 Å². The molecule has 1 amide bonds. The average molecular weight is 944 g/mol. The van der Waals surface area contributed by atoms with Crippen LogP contribution in [0.1, 0.15) is 112 Å². The number of esters is 5. The van der Waals surface area contributed by atoms with E-state index in [-0.39, 0.29) is 22.5 Å². The summed E-state index contributed by atoms with van der Waals surface area (Å²) in [7, 11) is 0.973. The van der Waals surface area contributed by atoms with Crippen molar-refractivity contribution in [2.75, 3.05) is 20.3 Å². The molecule has 67 heavy (non-hydrogen) atoms. The molecule has 0 radical (unpaired) electrons. The molecular formula is C45H61N5O17. The van der Waals surface area contributed by atoms with Gasteiger partial charge in [0.15, 0.2) is 18.0 Å². The van der Waals surface area contributed by atoms with E-state index in [1.54, 1.807) is 10.6 Å². The molecule has 1 N–H and O–H groups in total. The summed E-state index contributed by atoms with van der Waals surface area (Å²) in [6.45, 7) is 5.69. The van der Waals surface area contributed by atoms with Gasteiger partial charge in [-0.1, -0.05) is 70.8 Å². The van der Waals surface area contributed by atoms with Gasteiger partial charge in [0.25, 0.3) is 17.0 Å². The van der Waals surface area contributed by atoms with Gasteiger partial charge in [-0.3, -0.25) is 43.4 Å². The fourth-order valence-electron chi connectivity index (χ4n) is 8.24. The molecule has 0 unspecified atom stereocenters. The quantitative estimate of drug-likeness (QED) is 0.0313. The summed E-state index contributed by atoms with van der Waals surface area (Å²) >= 11 is 0. The number of nitro groups is 1. The molecule has 3 aliphatic rings. The zero-order valence-electron chi connectivity index (χ0n) is 39.0. The summed E-state index contributed by atoms with van der Waals surface area (Å²) in [6, 6.07) is 4.33. The van der Waals surface area contributed by atoms with Crippen LogP contribution >= 0.6 is 0 Å². The molecular weight excluding hydrogens is 883 g/mol. The molecule has 1 aromatic carbocycles. The lowest BCUT2D eigenvalue weighted by molar-refractivity contribution is -0.383. The van der Waals surface area contributed by atoms with Crippen LogP contribution in [0.15, 0.2) is 33.9 Å². The standard InChI is InChI=1S/C45H61N5O17/c1-8-9-10-11-12-13-14-15-16-17-21-48-34-19-18-20-35(50(59)60)32(34)24-33-41(48)47-44(58)49(42(33)56)22-23-63-45(43(57)61-7)25-36(64-29(4)53)38(46-27(2)51)40(67-45)39(66-31(6)55)37(65-30(5)54)26-62-28(3)52/h18-20,24,36-40H,8-17,21-23,25-26H2,1-7H3,(H,46,51)/t36-,37+,38+,39+,40+,45-/m0/s1. The van der Waals surface area contributed by atoms with Crippen LogP contribution in [0.4, 0.5) is 5.69 Å². The normalized spacial score (nSPS) is 18.9. The number of hydrogen-bond acceptors (Lipinski definition) is 18. The summed E-state index contributed by atoms with van der Waals surface area (Å²) in [4.78, 5) is 120. The van der Waals surface area contributed by atoms with Gasteiger partial charge >= 0.3 is 35.5 Å². The van der Waals surface area contributed by atoms with E-state index in [2.05, 4.69) is 17.2 Å². The number of pyridine rings is 1. The second-order valence-electron chi connectivity index (χ2n) is 16.3. The molecule has 0 spiro atoms. The fraction of sp³-hybridized carbons (Fsp3) is 0.622. The molecule has 1 fully saturated rings. The number of unbranched alkanes of at least 4 members (excludes halogenated alkanes) is 9. The Balaban J connectivity index is 1.75. The van der Waals surface area contributed by atoms with Gasteiger partial charge in [-0.2, -0.15) is 4.98 Å². The van der Waals surface area contributed by atoms with Gasteiger partial charge in [-0.25, -0.2) is 9.59 Å². The lowest BCUT2D eigenvalue weighted by Gasteiger charge is -2.48. The first kappa shape index (κ1) is 53.3. The summed E-state index contributed by atoms with van der Waals surface area (Å²) in [6.07, 6.45) is 3.11. The van der Waals surface area contributed by atoms with Crippen LogP contribution in [0.2, 0.25) is 0 Å². The van der Waals surface area contributed by atoms with Gasteiger partial charge < -0.3 is 43.0 Å². The largest absolute Gasteiger partial charge is 0.465 e. The molecule has 0 aromatic heterocycles. The third-order valence-electron chi connectivity index (χ3n) is 11.1. The van der Waals surface area contributed by atoms with Gasteiger partial charge in [-0.05, 0) is 18.6 Å². The Hall–Kier alpha value is -6.29. The second kappa shape index (κ2) is 25.0. The Bertz CT molecular complexity index is 2350. The Labute approximate surface area is 386 Å². The smallest absolute Gasteiger partial charge is 0.366 e.